The van der Waals surface area contributed by atoms with Crippen molar-refractivity contribution in [3.05, 3.63) is 35.7 Å². The van der Waals surface area contributed by atoms with Gasteiger partial charge in [-0.3, -0.25) is 4.90 Å². The normalized spacial score (nSPS) is 22.7. The minimum Gasteiger partial charge on any atom is -0.373 e. The summed E-state index contributed by atoms with van der Waals surface area (Å²) in [4.78, 5) is 6.35. The maximum Gasteiger partial charge on any atom is 0.416 e. The second-order valence-corrected chi connectivity index (χ2v) is 6.04. The fourth-order valence-corrected chi connectivity index (χ4v) is 2.88. The minimum atomic E-state index is -4.40. The zero-order valence-corrected chi connectivity index (χ0v) is 13.4. The van der Waals surface area contributed by atoms with Crippen LogP contribution < -0.4 is 0 Å². The molecule has 3 rings (SSSR count). The molecule has 24 heavy (non-hydrogen) atoms. The summed E-state index contributed by atoms with van der Waals surface area (Å²) in [6.45, 7) is 5.91. The monoisotopic (exact) mass is 341 g/mol. The Labute approximate surface area is 137 Å². The van der Waals surface area contributed by atoms with E-state index in [2.05, 4.69) is 15.0 Å². The number of morpholine rings is 1. The van der Waals surface area contributed by atoms with Gasteiger partial charge in [-0.15, -0.1) is 0 Å². The van der Waals surface area contributed by atoms with Gasteiger partial charge in [0, 0.05) is 18.7 Å². The van der Waals surface area contributed by atoms with E-state index in [4.69, 9.17) is 9.26 Å². The predicted octanol–water partition coefficient (Wildman–Crippen LogP) is 3.36. The van der Waals surface area contributed by atoms with Gasteiger partial charge in [-0.2, -0.15) is 18.2 Å². The van der Waals surface area contributed by atoms with Crippen molar-refractivity contribution in [2.45, 2.75) is 38.8 Å². The van der Waals surface area contributed by atoms with E-state index in [1.807, 2.05) is 13.8 Å². The summed E-state index contributed by atoms with van der Waals surface area (Å²) in [6, 6.07) is 4.90. The molecule has 0 saturated carbocycles. The zero-order chi connectivity index (χ0) is 17.3. The highest BCUT2D eigenvalue weighted by molar-refractivity contribution is 5.55. The summed E-state index contributed by atoms with van der Waals surface area (Å²) in [6.07, 6.45) is -4.18. The van der Waals surface area contributed by atoms with E-state index >= 15 is 0 Å². The van der Waals surface area contributed by atoms with Crippen LogP contribution in [0.2, 0.25) is 0 Å². The Kier molecular flexibility index (Phi) is 4.60. The zero-order valence-electron chi connectivity index (χ0n) is 13.4. The molecule has 0 aliphatic carbocycles. The lowest BCUT2D eigenvalue weighted by atomic mass is 10.1. The third kappa shape index (κ3) is 3.93. The van der Waals surface area contributed by atoms with Crippen LogP contribution in [0.1, 0.15) is 25.3 Å². The fraction of sp³-hybridized carbons (Fsp3) is 0.500. The Bertz CT molecular complexity index is 692. The number of rotatable bonds is 3. The van der Waals surface area contributed by atoms with Crippen molar-refractivity contribution in [2.24, 2.45) is 0 Å². The minimum absolute atomic E-state index is 0.111. The second-order valence-electron chi connectivity index (χ2n) is 6.04. The van der Waals surface area contributed by atoms with Gasteiger partial charge in [0.1, 0.15) is 0 Å². The van der Waals surface area contributed by atoms with Crippen molar-refractivity contribution in [3.8, 4) is 11.4 Å². The van der Waals surface area contributed by atoms with Gasteiger partial charge >= 0.3 is 6.18 Å². The van der Waals surface area contributed by atoms with Crippen LogP contribution in [0.15, 0.2) is 28.8 Å². The number of aromatic nitrogens is 2. The van der Waals surface area contributed by atoms with Gasteiger partial charge in [-0.1, -0.05) is 17.3 Å². The third-order valence-electron chi connectivity index (χ3n) is 3.77. The second kappa shape index (κ2) is 6.52. The third-order valence-corrected chi connectivity index (χ3v) is 3.77. The van der Waals surface area contributed by atoms with Crippen LogP contribution >= 0.6 is 0 Å². The highest BCUT2D eigenvalue weighted by Gasteiger charge is 2.31. The number of benzene rings is 1. The fourth-order valence-electron chi connectivity index (χ4n) is 2.88. The first-order valence-corrected chi connectivity index (χ1v) is 7.69. The Balaban J connectivity index is 1.74. The molecule has 0 N–H and O–H groups in total. The Morgan fingerprint density at radius 1 is 1.21 bits per heavy atom. The van der Waals surface area contributed by atoms with E-state index in [9.17, 15) is 13.2 Å². The standard InChI is InChI=1S/C16H18F3N3O2/c1-10-7-22(8-11(2)23-10)9-14-20-15(21-24-14)12-4-3-5-13(6-12)16(17,18)19/h3-6,10-11H,7-9H2,1-2H3/t10-,11-/m1/s1. The van der Waals surface area contributed by atoms with Crippen molar-refractivity contribution >= 4 is 0 Å². The molecule has 130 valence electrons. The highest BCUT2D eigenvalue weighted by Crippen LogP contribution is 2.31. The number of halogens is 3. The molecule has 1 aromatic heterocycles. The molecule has 5 nitrogen and oxygen atoms in total. The Morgan fingerprint density at radius 3 is 2.58 bits per heavy atom. The molecule has 1 fully saturated rings. The number of alkyl halides is 3. The van der Waals surface area contributed by atoms with E-state index in [0.717, 1.165) is 25.2 Å². The highest BCUT2D eigenvalue weighted by atomic mass is 19.4. The maximum absolute atomic E-state index is 12.8. The molecule has 1 saturated heterocycles. The van der Waals surface area contributed by atoms with Crippen LogP contribution in [-0.4, -0.2) is 40.3 Å². The predicted molar refractivity (Wildman–Crippen MR) is 80.0 cm³/mol. The molecule has 0 bridgehead atoms. The molecular formula is C16H18F3N3O2. The first kappa shape index (κ1) is 16.9. The van der Waals surface area contributed by atoms with E-state index in [1.54, 1.807) is 0 Å². The van der Waals surface area contributed by atoms with E-state index < -0.39 is 11.7 Å². The van der Waals surface area contributed by atoms with Crippen molar-refractivity contribution in [1.82, 2.24) is 15.0 Å². The Morgan fingerprint density at radius 2 is 1.92 bits per heavy atom. The molecule has 0 spiro atoms. The van der Waals surface area contributed by atoms with Crippen molar-refractivity contribution < 1.29 is 22.4 Å². The van der Waals surface area contributed by atoms with Crippen LogP contribution in [0, 0.1) is 0 Å². The molecule has 0 unspecified atom stereocenters. The molecule has 0 amide bonds. The summed E-state index contributed by atoms with van der Waals surface area (Å²) in [5.41, 5.74) is -0.453. The molecule has 1 aliphatic heterocycles. The lowest BCUT2D eigenvalue weighted by Gasteiger charge is -2.34. The largest absolute Gasteiger partial charge is 0.416 e. The van der Waals surface area contributed by atoms with E-state index in [0.29, 0.717) is 12.4 Å². The summed E-state index contributed by atoms with van der Waals surface area (Å²) >= 11 is 0. The average Bonchev–Trinajstić information content (AvgIpc) is 2.94. The van der Waals surface area contributed by atoms with Gasteiger partial charge in [0.25, 0.3) is 0 Å². The lowest BCUT2D eigenvalue weighted by molar-refractivity contribution is -0.137. The Hall–Kier alpha value is -1.93. The molecule has 1 aliphatic rings. The van der Waals surface area contributed by atoms with Crippen molar-refractivity contribution in [3.63, 3.8) is 0 Å². The number of hydrogen-bond donors (Lipinski definition) is 0. The van der Waals surface area contributed by atoms with Gasteiger partial charge in [0.2, 0.25) is 11.7 Å². The van der Waals surface area contributed by atoms with Crippen LogP contribution in [-0.2, 0) is 17.5 Å². The quantitative estimate of drug-likeness (QED) is 0.857. The number of ether oxygens (including phenoxy) is 1. The molecule has 2 atom stereocenters. The molecule has 1 aromatic carbocycles. The molecule has 8 heteroatoms. The van der Waals surface area contributed by atoms with Gasteiger partial charge in [0.15, 0.2) is 0 Å². The van der Waals surface area contributed by atoms with Crippen LogP contribution in [0.4, 0.5) is 13.2 Å². The van der Waals surface area contributed by atoms with Gasteiger partial charge in [-0.05, 0) is 26.0 Å². The summed E-state index contributed by atoms with van der Waals surface area (Å²) in [7, 11) is 0. The maximum atomic E-state index is 12.8. The van der Waals surface area contributed by atoms with Crippen LogP contribution in [0.25, 0.3) is 11.4 Å². The topological polar surface area (TPSA) is 51.4 Å². The molecule has 2 aromatic rings. The van der Waals surface area contributed by atoms with Crippen molar-refractivity contribution in [2.75, 3.05) is 13.1 Å². The first-order chi connectivity index (χ1) is 11.3. The van der Waals surface area contributed by atoms with Gasteiger partial charge in [-0.25, -0.2) is 0 Å². The number of nitrogens with zero attached hydrogens (tertiary/aromatic N) is 3. The summed E-state index contributed by atoms with van der Waals surface area (Å²) in [5, 5.41) is 3.80. The first-order valence-electron chi connectivity index (χ1n) is 7.69. The molecule has 2 heterocycles. The van der Waals surface area contributed by atoms with Crippen LogP contribution in [0.3, 0.4) is 0 Å². The van der Waals surface area contributed by atoms with E-state index in [1.165, 1.54) is 12.1 Å². The van der Waals surface area contributed by atoms with Crippen molar-refractivity contribution in [1.29, 1.82) is 0 Å². The lowest BCUT2D eigenvalue weighted by Crippen LogP contribution is -2.44. The SMILES string of the molecule is C[C@@H]1CN(Cc2nc(-c3cccc(C(F)(F)F)c3)no2)C[C@@H](C)O1. The summed E-state index contributed by atoms with van der Waals surface area (Å²) in [5.74, 6) is 0.536. The number of hydrogen-bond acceptors (Lipinski definition) is 5. The molecule has 0 radical (unpaired) electrons. The van der Waals surface area contributed by atoms with Crippen LogP contribution in [0.5, 0.6) is 0 Å². The summed E-state index contributed by atoms with van der Waals surface area (Å²) < 4.78 is 49.2. The van der Waals surface area contributed by atoms with Gasteiger partial charge < -0.3 is 9.26 Å². The van der Waals surface area contributed by atoms with E-state index in [-0.39, 0.29) is 23.6 Å². The molecular weight excluding hydrogens is 323 g/mol. The smallest absolute Gasteiger partial charge is 0.373 e. The average molecular weight is 341 g/mol. The van der Waals surface area contributed by atoms with Gasteiger partial charge in [0.05, 0.1) is 24.3 Å².